The second kappa shape index (κ2) is 10.9. The third-order valence-corrected chi connectivity index (χ3v) is 4.08. The molecular formula is C20H27ClN2O2. The summed E-state index contributed by atoms with van der Waals surface area (Å²) in [6, 6.07) is 19.3. The summed E-state index contributed by atoms with van der Waals surface area (Å²) in [7, 11) is 0. The number of amides is 1. The summed E-state index contributed by atoms with van der Waals surface area (Å²) >= 11 is 0. The number of carbonyl (C=O) groups is 1. The minimum absolute atomic E-state index is 0. The van der Waals surface area contributed by atoms with Gasteiger partial charge in [-0.3, -0.25) is 4.79 Å². The fourth-order valence-corrected chi connectivity index (χ4v) is 2.80. The molecule has 0 aliphatic carbocycles. The zero-order valence-electron chi connectivity index (χ0n) is 14.5. The maximum Gasteiger partial charge on any atom is 0.221 e. The first-order chi connectivity index (χ1) is 11.6. The average molecular weight is 363 g/mol. The van der Waals surface area contributed by atoms with Gasteiger partial charge in [-0.2, -0.15) is 0 Å². The van der Waals surface area contributed by atoms with Gasteiger partial charge in [0, 0.05) is 24.9 Å². The molecule has 4 N–H and O–H groups in total. The Bertz CT molecular complexity index is 620. The number of halogens is 1. The summed E-state index contributed by atoms with van der Waals surface area (Å²) < 4.78 is 0. The van der Waals surface area contributed by atoms with E-state index in [1.807, 2.05) is 60.7 Å². The number of nitrogens with one attached hydrogen (secondary N) is 1. The Morgan fingerprint density at radius 2 is 1.56 bits per heavy atom. The van der Waals surface area contributed by atoms with E-state index in [4.69, 9.17) is 5.73 Å². The van der Waals surface area contributed by atoms with Gasteiger partial charge in [0.15, 0.2) is 0 Å². The molecular weight excluding hydrogens is 336 g/mol. The Labute approximate surface area is 155 Å². The first-order valence-corrected chi connectivity index (χ1v) is 8.36. The van der Waals surface area contributed by atoms with Crippen LogP contribution in [0.4, 0.5) is 0 Å². The number of carbonyl (C=O) groups excluding carboxylic acids is 1. The molecule has 0 saturated carbocycles. The average Bonchev–Trinajstić information content (AvgIpc) is 2.59. The standard InChI is InChI=1S/C20H26N2O2.ClH/c1-15(23)12-18(16-8-4-2-5-9-16)14-22-20(24)13-19(21)17-10-6-3-7-11-17;/h2-11,15,18-19,23H,12-14,21H2,1H3,(H,22,24);1H. The van der Waals surface area contributed by atoms with Crippen molar-refractivity contribution in [2.45, 2.75) is 37.8 Å². The predicted octanol–water partition coefficient (Wildman–Crippen LogP) is 3.17. The third kappa shape index (κ3) is 7.26. The van der Waals surface area contributed by atoms with Gasteiger partial charge >= 0.3 is 0 Å². The lowest BCUT2D eigenvalue weighted by molar-refractivity contribution is -0.121. The van der Waals surface area contributed by atoms with E-state index in [9.17, 15) is 9.90 Å². The molecule has 0 radical (unpaired) electrons. The highest BCUT2D eigenvalue weighted by Gasteiger charge is 2.17. The van der Waals surface area contributed by atoms with Crippen LogP contribution in [-0.4, -0.2) is 23.7 Å². The molecule has 2 rings (SSSR count). The molecule has 0 fully saturated rings. The van der Waals surface area contributed by atoms with Crippen LogP contribution in [0.1, 0.15) is 42.9 Å². The van der Waals surface area contributed by atoms with Crippen LogP contribution in [0.3, 0.4) is 0 Å². The highest BCUT2D eigenvalue weighted by molar-refractivity contribution is 5.85. The zero-order chi connectivity index (χ0) is 17.4. The summed E-state index contributed by atoms with van der Waals surface area (Å²) in [5.74, 6) is 0.0148. The van der Waals surface area contributed by atoms with Crippen LogP contribution < -0.4 is 11.1 Å². The van der Waals surface area contributed by atoms with Crippen molar-refractivity contribution >= 4 is 18.3 Å². The van der Waals surface area contributed by atoms with Crippen LogP contribution >= 0.6 is 12.4 Å². The van der Waals surface area contributed by atoms with Gasteiger partial charge < -0.3 is 16.2 Å². The lowest BCUT2D eigenvalue weighted by atomic mass is 9.93. The monoisotopic (exact) mass is 362 g/mol. The SMILES string of the molecule is CC(O)CC(CNC(=O)CC(N)c1ccccc1)c1ccccc1.Cl. The number of rotatable bonds is 8. The zero-order valence-corrected chi connectivity index (χ0v) is 15.3. The van der Waals surface area contributed by atoms with E-state index in [-0.39, 0.29) is 36.7 Å². The van der Waals surface area contributed by atoms with Crippen LogP contribution in [0.25, 0.3) is 0 Å². The predicted molar refractivity (Wildman–Crippen MR) is 104 cm³/mol. The Balaban J connectivity index is 0.00000312. The number of hydrogen-bond donors (Lipinski definition) is 3. The maximum atomic E-state index is 12.2. The first kappa shape index (κ1) is 21.2. The van der Waals surface area contributed by atoms with Crippen molar-refractivity contribution in [1.82, 2.24) is 5.32 Å². The Hall–Kier alpha value is -1.88. The van der Waals surface area contributed by atoms with Crippen molar-refractivity contribution in [3.8, 4) is 0 Å². The van der Waals surface area contributed by atoms with Gasteiger partial charge in [0.2, 0.25) is 5.91 Å². The first-order valence-electron chi connectivity index (χ1n) is 8.36. The second-order valence-corrected chi connectivity index (χ2v) is 6.22. The largest absolute Gasteiger partial charge is 0.393 e. The maximum absolute atomic E-state index is 12.2. The van der Waals surface area contributed by atoms with Gasteiger partial charge in [-0.25, -0.2) is 0 Å². The van der Waals surface area contributed by atoms with E-state index in [2.05, 4.69) is 5.32 Å². The Morgan fingerprint density at radius 1 is 1.04 bits per heavy atom. The van der Waals surface area contributed by atoms with Crippen LogP contribution in [-0.2, 0) is 4.79 Å². The molecule has 0 aliphatic heterocycles. The van der Waals surface area contributed by atoms with Gasteiger partial charge in [-0.15, -0.1) is 12.4 Å². The molecule has 2 aromatic rings. The molecule has 0 aromatic heterocycles. The molecule has 2 aromatic carbocycles. The van der Waals surface area contributed by atoms with Crippen molar-refractivity contribution in [1.29, 1.82) is 0 Å². The quantitative estimate of drug-likeness (QED) is 0.675. The summed E-state index contributed by atoms with van der Waals surface area (Å²) in [5.41, 5.74) is 8.16. The minimum Gasteiger partial charge on any atom is -0.393 e. The second-order valence-electron chi connectivity index (χ2n) is 6.22. The summed E-state index contributed by atoms with van der Waals surface area (Å²) in [6.07, 6.45) is 0.438. The molecule has 3 unspecified atom stereocenters. The van der Waals surface area contributed by atoms with Crippen molar-refractivity contribution in [3.63, 3.8) is 0 Å². The van der Waals surface area contributed by atoms with Gasteiger partial charge in [0.1, 0.15) is 0 Å². The molecule has 0 spiro atoms. The van der Waals surface area contributed by atoms with E-state index in [1.54, 1.807) is 6.92 Å². The van der Waals surface area contributed by atoms with Gasteiger partial charge in [0.25, 0.3) is 0 Å². The number of benzene rings is 2. The minimum atomic E-state index is -0.418. The van der Waals surface area contributed by atoms with E-state index in [1.165, 1.54) is 0 Å². The van der Waals surface area contributed by atoms with E-state index < -0.39 is 6.10 Å². The van der Waals surface area contributed by atoms with Gasteiger partial charge in [-0.1, -0.05) is 60.7 Å². The number of aliphatic hydroxyl groups excluding tert-OH is 1. The van der Waals surface area contributed by atoms with Gasteiger partial charge in [-0.05, 0) is 24.5 Å². The summed E-state index contributed by atoms with van der Waals surface area (Å²) in [5, 5.41) is 12.7. The van der Waals surface area contributed by atoms with E-state index >= 15 is 0 Å². The number of hydrogen-bond acceptors (Lipinski definition) is 3. The molecule has 0 bridgehead atoms. The van der Waals surface area contributed by atoms with Crippen LogP contribution in [0.5, 0.6) is 0 Å². The van der Waals surface area contributed by atoms with E-state index in [0.717, 1.165) is 11.1 Å². The molecule has 136 valence electrons. The molecule has 3 atom stereocenters. The fourth-order valence-electron chi connectivity index (χ4n) is 2.80. The summed E-state index contributed by atoms with van der Waals surface area (Å²) in [6.45, 7) is 2.26. The molecule has 4 nitrogen and oxygen atoms in total. The molecule has 1 amide bonds. The highest BCUT2D eigenvalue weighted by atomic mass is 35.5. The Kier molecular flexibility index (Phi) is 9.21. The molecule has 0 aliphatic rings. The normalized spacial score (nSPS) is 14.0. The van der Waals surface area contributed by atoms with Crippen molar-refractivity contribution in [3.05, 3.63) is 71.8 Å². The molecule has 5 heteroatoms. The summed E-state index contributed by atoms with van der Waals surface area (Å²) in [4.78, 5) is 12.2. The van der Waals surface area contributed by atoms with E-state index in [0.29, 0.717) is 13.0 Å². The Morgan fingerprint density at radius 3 is 2.08 bits per heavy atom. The van der Waals surface area contributed by atoms with Crippen LogP contribution in [0.15, 0.2) is 60.7 Å². The molecule has 0 saturated heterocycles. The smallest absolute Gasteiger partial charge is 0.221 e. The van der Waals surface area contributed by atoms with Crippen LogP contribution in [0, 0.1) is 0 Å². The molecule has 0 heterocycles. The van der Waals surface area contributed by atoms with Crippen molar-refractivity contribution in [2.24, 2.45) is 5.73 Å². The lowest BCUT2D eigenvalue weighted by Crippen LogP contribution is -2.32. The number of nitrogens with two attached hydrogens (primary N) is 1. The van der Waals surface area contributed by atoms with Crippen LogP contribution in [0.2, 0.25) is 0 Å². The van der Waals surface area contributed by atoms with Gasteiger partial charge in [0.05, 0.1) is 6.10 Å². The number of aliphatic hydroxyl groups is 1. The highest BCUT2D eigenvalue weighted by Crippen LogP contribution is 2.21. The van der Waals surface area contributed by atoms with Crippen molar-refractivity contribution < 1.29 is 9.90 Å². The fraction of sp³-hybridized carbons (Fsp3) is 0.350. The topological polar surface area (TPSA) is 75.3 Å². The third-order valence-electron chi connectivity index (χ3n) is 4.08. The molecule has 25 heavy (non-hydrogen) atoms. The van der Waals surface area contributed by atoms with Crippen molar-refractivity contribution in [2.75, 3.05) is 6.54 Å². The lowest BCUT2D eigenvalue weighted by Gasteiger charge is -2.20.